The molecule has 0 saturated heterocycles. The summed E-state index contributed by atoms with van der Waals surface area (Å²) in [6.07, 6.45) is 0. The maximum absolute atomic E-state index is 13.0. The molecule has 0 bridgehead atoms. The molecule has 0 fully saturated rings. The molecule has 5 heteroatoms. The molecule has 0 atom stereocenters. The molecule has 0 aliphatic rings. The van der Waals surface area contributed by atoms with Crippen molar-refractivity contribution >= 4 is 28.8 Å². The number of ether oxygens (including phenoxy) is 1. The van der Waals surface area contributed by atoms with Gasteiger partial charge >= 0.3 is 0 Å². The zero-order valence-corrected chi connectivity index (χ0v) is 16.3. The largest absolute Gasteiger partial charge is 0.506 e. The molecule has 3 aromatic rings. The molecule has 3 aromatic carbocycles. The van der Waals surface area contributed by atoms with E-state index >= 15 is 0 Å². The third-order valence-corrected chi connectivity index (χ3v) is 4.27. The Morgan fingerprint density at radius 2 is 1.48 bits per heavy atom. The normalized spacial score (nSPS) is 12.1. The molecule has 29 heavy (non-hydrogen) atoms. The highest BCUT2D eigenvalue weighted by Crippen LogP contribution is 2.23. The summed E-state index contributed by atoms with van der Waals surface area (Å²) in [4.78, 5) is 17.6. The molecule has 0 heterocycles. The first-order chi connectivity index (χ1) is 14.1. The number of carbonyl (C=O) groups excluding carboxylic acids is 1. The van der Waals surface area contributed by atoms with Crippen LogP contribution in [0, 0.1) is 0 Å². The average molecular weight is 386 g/mol. The zero-order valence-electron chi connectivity index (χ0n) is 16.3. The summed E-state index contributed by atoms with van der Waals surface area (Å²) in [5.41, 5.74) is 2.32. The van der Waals surface area contributed by atoms with Gasteiger partial charge in [-0.15, -0.1) is 0 Å². The van der Waals surface area contributed by atoms with Gasteiger partial charge in [0.25, 0.3) is 5.91 Å². The molecule has 0 radical (unpaired) electrons. The van der Waals surface area contributed by atoms with Gasteiger partial charge in [0.05, 0.1) is 18.5 Å². The van der Waals surface area contributed by atoms with Gasteiger partial charge < -0.3 is 15.2 Å². The number of hydrogen-bond donors (Lipinski definition) is 2. The SMILES string of the molecule is COc1ccc(N=C(C)C(C(=O)Nc2ccccc2)=C(O)c2ccccc2)cc1. The zero-order chi connectivity index (χ0) is 20.6. The minimum atomic E-state index is -0.438. The number of nitrogens with one attached hydrogen (secondary N) is 1. The molecule has 1 amide bonds. The van der Waals surface area contributed by atoms with E-state index in [1.54, 1.807) is 74.7 Å². The number of benzene rings is 3. The number of aliphatic hydroxyl groups excluding tert-OH is 1. The van der Waals surface area contributed by atoms with Gasteiger partial charge in [0.1, 0.15) is 17.1 Å². The summed E-state index contributed by atoms with van der Waals surface area (Å²) in [5, 5.41) is 13.7. The number of amides is 1. The fourth-order valence-electron chi connectivity index (χ4n) is 2.80. The molecule has 146 valence electrons. The topological polar surface area (TPSA) is 70.9 Å². The maximum atomic E-state index is 13.0. The Labute approximate surface area is 170 Å². The highest BCUT2D eigenvalue weighted by Gasteiger charge is 2.20. The first-order valence-electron chi connectivity index (χ1n) is 9.13. The summed E-state index contributed by atoms with van der Waals surface area (Å²) in [6, 6.07) is 25.2. The predicted molar refractivity (Wildman–Crippen MR) is 117 cm³/mol. The number of carbonyl (C=O) groups is 1. The van der Waals surface area contributed by atoms with Crippen molar-refractivity contribution in [3.05, 3.63) is 96.1 Å². The van der Waals surface area contributed by atoms with Gasteiger partial charge in [-0.25, -0.2) is 0 Å². The number of aliphatic imine (C=N–C) groups is 1. The van der Waals surface area contributed by atoms with E-state index in [1.165, 1.54) is 0 Å². The summed E-state index contributed by atoms with van der Waals surface area (Å²) >= 11 is 0. The standard InChI is InChI=1S/C24H22N2O3/c1-17(25-20-13-15-21(29-2)16-14-20)22(23(27)18-9-5-3-6-10-18)24(28)26-19-11-7-4-8-12-19/h3-16,27H,1-2H3,(H,26,28). The summed E-state index contributed by atoms with van der Waals surface area (Å²) < 4.78 is 5.16. The number of hydrogen-bond acceptors (Lipinski definition) is 4. The van der Waals surface area contributed by atoms with Crippen LogP contribution in [0.5, 0.6) is 5.75 Å². The highest BCUT2D eigenvalue weighted by molar-refractivity contribution is 6.28. The van der Waals surface area contributed by atoms with E-state index in [0.29, 0.717) is 28.4 Å². The second kappa shape index (κ2) is 9.37. The molecular weight excluding hydrogens is 364 g/mol. The van der Waals surface area contributed by atoms with Crippen LogP contribution in [0.3, 0.4) is 0 Å². The lowest BCUT2D eigenvalue weighted by atomic mass is 10.0. The van der Waals surface area contributed by atoms with Crippen molar-refractivity contribution in [1.29, 1.82) is 0 Å². The average Bonchev–Trinajstić information content (AvgIpc) is 2.75. The van der Waals surface area contributed by atoms with Crippen LogP contribution in [-0.2, 0) is 4.79 Å². The van der Waals surface area contributed by atoms with E-state index in [9.17, 15) is 9.90 Å². The quantitative estimate of drug-likeness (QED) is 0.339. The molecule has 5 nitrogen and oxygen atoms in total. The van der Waals surface area contributed by atoms with Crippen molar-refractivity contribution < 1.29 is 14.6 Å². The maximum Gasteiger partial charge on any atom is 0.261 e. The first-order valence-corrected chi connectivity index (χ1v) is 9.13. The van der Waals surface area contributed by atoms with E-state index < -0.39 is 5.91 Å². The van der Waals surface area contributed by atoms with Crippen LogP contribution >= 0.6 is 0 Å². The van der Waals surface area contributed by atoms with Gasteiger partial charge in [-0.05, 0) is 43.3 Å². The van der Waals surface area contributed by atoms with E-state index in [2.05, 4.69) is 10.3 Å². The number of rotatable bonds is 6. The molecule has 0 aromatic heterocycles. The van der Waals surface area contributed by atoms with Crippen LogP contribution in [0.1, 0.15) is 12.5 Å². The first kappa shape index (κ1) is 19.9. The summed E-state index contributed by atoms with van der Waals surface area (Å²) in [6.45, 7) is 1.70. The Morgan fingerprint density at radius 3 is 2.07 bits per heavy atom. The van der Waals surface area contributed by atoms with Crippen LogP contribution in [0.15, 0.2) is 95.5 Å². The Kier molecular flexibility index (Phi) is 6.43. The predicted octanol–water partition coefficient (Wildman–Crippen LogP) is 5.40. The number of methoxy groups -OCH3 is 1. The van der Waals surface area contributed by atoms with Crippen molar-refractivity contribution in [2.75, 3.05) is 12.4 Å². The lowest BCUT2D eigenvalue weighted by molar-refractivity contribution is -0.112. The van der Waals surface area contributed by atoms with Crippen LogP contribution in [0.25, 0.3) is 5.76 Å². The lowest BCUT2D eigenvalue weighted by Crippen LogP contribution is -2.21. The molecule has 0 spiro atoms. The monoisotopic (exact) mass is 386 g/mol. The number of aliphatic hydroxyl groups is 1. The Bertz CT molecular complexity index is 1020. The lowest BCUT2D eigenvalue weighted by Gasteiger charge is -2.12. The second-order valence-electron chi connectivity index (χ2n) is 6.31. The smallest absolute Gasteiger partial charge is 0.261 e. The van der Waals surface area contributed by atoms with Crippen LogP contribution < -0.4 is 10.1 Å². The fourth-order valence-corrected chi connectivity index (χ4v) is 2.80. The second-order valence-corrected chi connectivity index (χ2v) is 6.31. The van der Waals surface area contributed by atoms with Crippen molar-refractivity contribution in [2.45, 2.75) is 6.92 Å². The van der Waals surface area contributed by atoms with Crippen molar-refractivity contribution in [1.82, 2.24) is 0 Å². The van der Waals surface area contributed by atoms with Crippen molar-refractivity contribution in [2.24, 2.45) is 4.99 Å². The Balaban J connectivity index is 2.01. The van der Waals surface area contributed by atoms with Crippen LogP contribution in [0.2, 0.25) is 0 Å². The van der Waals surface area contributed by atoms with Gasteiger partial charge in [0.15, 0.2) is 0 Å². The van der Waals surface area contributed by atoms with Crippen molar-refractivity contribution in [3.63, 3.8) is 0 Å². The third kappa shape index (κ3) is 5.11. The van der Waals surface area contributed by atoms with Gasteiger partial charge in [-0.2, -0.15) is 0 Å². The van der Waals surface area contributed by atoms with E-state index in [-0.39, 0.29) is 11.3 Å². The number of para-hydroxylation sites is 1. The Hall–Kier alpha value is -3.86. The van der Waals surface area contributed by atoms with Crippen LogP contribution in [0.4, 0.5) is 11.4 Å². The summed E-state index contributed by atoms with van der Waals surface area (Å²) in [5.74, 6) is 0.146. The van der Waals surface area contributed by atoms with Gasteiger partial charge in [0, 0.05) is 11.3 Å². The molecule has 0 saturated carbocycles. The van der Waals surface area contributed by atoms with Crippen LogP contribution in [-0.4, -0.2) is 23.8 Å². The summed E-state index contributed by atoms with van der Waals surface area (Å²) in [7, 11) is 1.59. The van der Waals surface area contributed by atoms with E-state index in [0.717, 1.165) is 0 Å². The molecule has 0 aliphatic heterocycles. The highest BCUT2D eigenvalue weighted by atomic mass is 16.5. The van der Waals surface area contributed by atoms with Crippen molar-refractivity contribution in [3.8, 4) is 5.75 Å². The minimum Gasteiger partial charge on any atom is -0.506 e. The molecule has 0 unspecified atom stereocenters. The fraction of sp³-hybridized carbons (Fsp3) is 0.0833. The molecule has 3 rings (SSSR count). The van der Waals surface area contributed by atoms with E-state index in [4.69, 9.17) is 4.74 Å². The van der Waals surface area contributed by atoms with Gasteiger partial charge in [0.2, 0.25) is 0 Å². The van der Waals surface area contributed by atoms with E-state index in [1.807, 2.05) is 24.3 Å². The molecule has 2 N–H and O–H groups in total. The number of nitrogens with zero attached hydrogens (tertiary/aromatic N) is 1. The Morgan fingerprint density at radius 1 is 0.897 bits per heavy atom. The van der Waals surface area contributed by atoms with Gasteiger partial charge in [-0.3, -0.25) is 9.79 Å². The molecule has 0 aliphatic carbocycles. The number of anilines is 1. The minimum absolute atomic E-state index is 0.107. The molecular formula is C24H22N2O3. The van der Waals surface area contributed by atoms with Gasteiger partial charge in [-0.1, -0.05) is 48.5 Å². The third-order valence-electron chi connectivity index (χ3n) is 4.27.